The zero-order chi connectivity index (χ0) is 50.7. The average Bonchev–Trinajstić information content (AvgIpc) is 3.37. The summed E-state index contributed by atoms with van der Waals surface area (Å²) in [5, 5.41) is 10.5. The number of aromatic nitrogens is 2. The fourth-order valence-electron chi connectivity index (χ4n) is 7.66. The molecule has 372 valence electrons. The lowest BCUT2D eigenvalue weighted by atomic mass is 9.96. The van der Waals surface area contributed by atoms with Crippen molar-refractivity contribution in [1.29, 1.82) is 0 Å². The number of carbonyl (C=O) groups is 4. The molecule has 0 spiro atoms. The van der Waals surface area contributed by atoms with Gasteiger partial charge in [-0.05, 0) is 185 Å². The molecule has 2 fully saturated rings. The third kappa shape index (κ3) is 17.5. The van der Waals surface area contributed by atoms with Crippen molar-refractivity contribution in [1.82, 2.24) is 20.2 Å². The lowest BCUT2D eigenvalue weighted by Gasteiger charge is -2.31. The highest BCUT2D eigenvalue weighted by Crippen LogP contribution is 2.30. The minimum atomic E-state index is -0.606. The Morgan fingerprint density at radius 2 is 0.944 bits per heavy atom. The number of nitrogens with zero attached hydrogens (tertiary/aromatic N) is 3. The Bertz CT molecular complexity index is 2700. The fraction of sp³-hybridized carbons (Fsp3) is 0.269. The second-order valence-corrected chi connectivity index (χ2v) is 17.4. The van der Waals surface area contributed by atoms with Crippen LogP contribution in [0.2, 0.25) is 0 Å². The maximum Gasteiger partial charge on any atom is 0.267 e. The van der Waals surface area contributed by atoms with Crippen LogP contribution in [0.5, 0.6) is 23.0 Å². The van der Waals surface area contributed by atoms with E-state index in [9.17, 15) is 28.0 Å². The molecular formula is C52H57BrF2N10O6. The number of amides is 4. The van der Waals surface area contributed by atoms with E-state index in [1.165, 1.54) is 24.3 Å². The fourth-order valence-corrected chi connectivity index (χ4v) is 7.66. The van der Waals surface area contributed by atoms with Crippen LogP contribution in [0.3, 0.4) is 0 Å². The Hall–Kier alpha value is -7.48. The topological polar surface area (TPSA) is 256 Å². The Morgan fingerprint density at radius 3 is 1.30 bits per heavy atom. The molecule has 0 aliphatic carbocycles. The van der Waals surface area contributed by atoms with Gasteiger partial charge in [-0.3, -0.25) is 24.1 Å². The van der Waals surface area contributed by atoms with Crippen molar-refractivity contribution in [2.75, 3.05) is 61.8 Å². The van der Waals surface area contributed by atoms with Crippen LogP contribution in [0, 0.1) is 23.5 Å². The van der Waals surface area contributed by atoms with Crippen LogP contribution in [0.4, 0.5) is 20.2 Å². The minimum absolute atomic E-state index is 0.174. The Morgan fingerprint density at radius 1 is 0.577 bits per heavy atom. The van der Waals surface area contributed by atoms with Crippen LogP contribution in [0.25, 0.3) is 22.5 Å². The highest BCUT2D eigenvalue weighted by Gasteiger charge is 2.21. The number of benzene rings is 4. The lowest BCUT2D eigenvalue weighted by Crippen LogP contribution is -2.40. The number of halogens is 3. The molecule has 8 rings (SSSR count). The average molecular weight is 1040 g/mol. The Labute approximate surface area is 419 Å². The number of primary amides is 4. The first-order chi connectivity index (χ1) is 34.2. The summed E-state index contributed by atoms with van der Waals surface area (Å²) in [6.07, 6.45) is 4.17. The zero-order valence-corrected chi connectivity index (χ0v) is 40.5. The Kier molecular flexibility index (Phi) is 19.7. The molecule has 0 saturated carbocycles. The Balaban J connectivity index is 0.000000213. The quantitative estimate of drug-likeness (QED) is 0.0440. The van der Waals surface area contributed by atoms with E-state index in [0.29, 0.717) is 52.8 Å². The van der Waals surface area contributed by atoms with Crippen LogP contribution in [0.15, 0.2) is 121 Å². The number of carbonyl (C=O) groups excluding carboxylic acids is 4. The maximum atomic E-state index is 13.1. The van der Waals surface area contributed by atoms with Crippen LogP contribution >= 0.6 is 15.9 Å². The summed E-state index contributed by atoms with van der Waals surface area (Å²) in [5.41, 5.74) is 25.8. The summed E-state index contributed by atoms with van der Waals surface area (Å²) in [6, 6.07) is 33.3. The van der Waals surface area contributed by atoms with E-state index in [0.717, 1.165) is 87.5 Å². The molecule has 71 heavy (non-hydrogen) atoms. The number of nitrogens with one attached hydrogen (secondary N) is 3. The van der Waals surface area contributed by atoms with Crippen molar-refractivity contribution in [2.45, 2.75) is 25.7 Å². The number of hydrogen-bond acceptors (Lipinski definition) is 12. The molecule has 16 nitrogen and oxygen atoms in total. The highest BCUT2D eigenvalue weighted by atomic mass is 79.9. The number of piperidine rings is 2. The number of nitrogens with two attached hydrogens (primary N) is 4. The van der Waals surface area contributed by atoms with Crippen LogP contribution in [0.1, 0.15) is 46.7 Å². The largest absolute Gasteiger partial charge is 0.457 e. The van der Waals surface area contributed by atoms with E-state index in [4.69, 9.17) is 26.7 Å². The molecule has 4 aromatic carbocycles. The summed E-state index contributed by atoms with van der Waals surface area (Å²) < 4.78 is 37.6. The molecule has 0 atom stereocenters. The van der Waals surface area contributed by atoms with Crippen molar-refractivity contribution in [3.8, 4) is 45.5 Å². The summed E-state index contributed by atoms with van der Waals surface area (Å²) >= 11 is 2.84. The van der Waals surface area contributed by atoms with Gasteiger partial charge in [0.15, 0.2) is 0 Å². The molecule has 0 bridgehead atoms. The maximum absolute atomic E-state index is 13.1. The summed E-state index contributed by atoms with van der Waals surface area (Å²) in [4.78, 5) is 55.2. The molecule has 2 saturated heterocycles. The molecule has 4 amide bonds. The first-order valence-corrected chi connectivity index (χ1v) is 24.1. The standard InChI is InChI=1S/C26H28FN5O3.C24H25FN4O2.C2H4BrNO/c27-19-3-7-22(8-4-19)35-21-5-1-18(2-6-21)23-13-20(14-24(31-23)26(29)34)30-15-17-9-11-32(12-10-17)16-25(28)33;25-18-3-7-21(8-4-18)31-20-5-1-17(2-6-20)22-13-19(14-23(29-22)24(26)30)28-15-16-9-11-27-12-10-16;3-1-2(4)5/h1-8,13-14,17H,9-12,15-16H2,(H2,28,33)(H2,29,34)(H,30,31);1-8,13-14,16,27H,9-12,15H2,(H2,26,30)(H,28,29);1H2,(H2,4,5). The van der Waals surface area contributed by atoms with E-state index in [1.54, 1.807) is 60.7 Å². The van der Waals surface area contributed by atoms with E-state index in [-0.39, 0.29) is 40.2 Å². The van der Waals surface area contributed by atoms with E-state index in [2.05, 4.69) is 52.5 Å². The molecule has 6 aromatic rings. The molecule has 2 aliphatic heterocycles. The molecule has 2 aromatic heterocycles. The van der Waals surface area contributed by atoms with Crippen molar-refractivity contribution in [2.24, 2.45) is 34.8 Å². The van der Waals surface area contributed by atoms with Gasteiger partial charge >= 0.3 is 0 Å². The molecule has 11 N–H and O–H groups in total. The number of hydrogen-bond donors (Lipinski definition) is 7. The zero-order valence-electron chi connectivity index (χ0n) is 38.9. The first-order valence-electron chi connectivity index (χ1n) is 22.9. The van der Waals surface area contributed by atoms with Crippen molar-refractivity contribution < 1.29 is 37.4 Å². The van der Waals surface area contributed by atoms with Gasteiger partial charge in [0.05, 0.1) is 23.3 Å². The summed E-state index contributed by atoms with van der Waals surface area (Å²) in [5.74, 6) is 0.872. The normalized spacial score (nSPS) is 13.8. The smallest absolute Gasteiger partial charge is 0.267 e. The summed E-state index contributed by atoms with van der Waals surface area (Å²) in [7, 11) is 0. The van der Waals surface area contributed by atoms with Gasteiger partial charge in [-0.1, -0.05) is 15.9 Å². The summed E-state index contributed by atoms with van der Waals surface area (Å²) in [6.45, 7) is 5.60. The van der Waals surface area contributed by atoms with Crippen LogP contribution < -0.4 is 48.4 Å². The van der Waals surface area contributed by atoms with E-state index < -0.39 is 11.8 Å². The number of alkyl halides is 1. The third-order valence-electron chi connectivity index (χ3n) is 11.4. The van der Waals surface area contributed by atoms with Gasteiger partial charge in [0.25, 0.3) is 11.8 Å². The SMILES string of the molecule is NC(=O)CBr.NC(=O)CN1CCC(CNc2cc(C(N)=O)nc(-c3ccc(Oc4ccc(F)cc4)cc3)c2)CC1.NC(=O)c1cc(NCC2CCNCC2)cc(-c2ccc(Oc3ccc(F)cc3)cc2)n1. The van der Waals surface area contributed by atoms with E-state index >= 15 is 0 Å². The van der Waals surface area contributed by atoms with Gasteiger partial charge < -0.3 is 48.4 Å². The van der Waals surface area contributed by atoms with Crippen LogP contribution in [-0.2, 0) is 9.59 Å². The highest BCUT2D eigenvalue weighted by molar-refractivity contribution is 9.09. The molecule has 0 unspecified atom stereocenters. The van der Waals surface area contributed by atoms with Gasteiger partial charge in [-0.15, -0.1) is 0 Å². The molecular weight excluding hydrogens is 979 g/mol. The van der Waals surface area contributed by atoms with Crippen molar-refractivity contribution >= 4 is 50.9 Å². The third-order valence-corrected chi connectivity index (χ3v) is 12.0. The van der Waals surface area contributed by atoms with Gasteiger partial charge in [-0.25, -0.2) is 18.7 Å². The number of pyridine rings is 2. The second kappa shape index (κ2) is 26.5. The van der Waals surface area contributed by atoms with Crippen LogP contribution in [-0.4, -0.2) is 89.6 Å². The molecule has 2 aliphatic rings. The van der Waals surface area contributed by atoms with Gasteiger partial charge in [0, 0.05) is 35.6 Å². The lowest BCUT2D eigenvalue weighted by molar-refractivity contribution is -0.119. The van der Waals surface area contributed by atoms with Gasteiger partial charge in [0.1, 0.15) is 46.0 Å². The minimum Gasteiger partial charge on any atom is -0.457 e. The number of anilines is 2. The van der Waals surface area contributed by atoms with Gasteiger partial charge in [0.2, 0.25) is 11.8 Å². The molecule has 19 heteroatoms. The van der Waals surface area contributed by atoms with E-state index in [1.807, 2.05) is 36.4 Å². The molecule has 0 radical (unpaired) electrons. The number of ether oxygens (including phenoxy) is 2. The molecule has 4 heterocycles. The number of rotatable bonds is 17. The number of likely N-dealkylation sites (tertiary alicyclic amines) is 1. The second-order valence-electron chi connectivity index (χ2n) is 16.9. The first kappa shape index (κ1) is 52.9. The van der Waals surface area contributed by atoms with Crippen molar-refractivity contribution in [3.05, 3.63) is 144 Å². The predicted molar refractivity (Wildman–Crippen MR) is 273 cm³/mol. The monoisotopic (exact) mass is 1030 g/mol. The van der Waals surface area contributed by atoms with Crippen molar-refractivity contribution in [3.63, 3.8) is 0 Å². The predicted octanol–water partition coefficient (Wildman–Crippen LogP) is 7.45. The van der Waals surface area contributed by atoms with Gasteiger partial charge in [-0.2, -0.15) is 0 Å².